The summed E-state index contributed by atoms with van der Waals surface area (Å²) in [5.74, 6) is -0.0306. The molecule has 1 fully saturated rings. The molecule has 130 valence electrons. The predicted molar refractivity (Wildman–Crippen MR) is 87.0 cm³/mol. The van der Waals surface area contributed by atoms with E-state index in [1.54, 1.807) is 4.68 Å². The van der Waals surface area contributed by atoms with E-state index in [0.717, 1.165) is 30.0 Å². The first kappa shape index (κ1) is 17.9. The first-order chi connectivity index (χ1) is 10.9. The van der Waals surface area contributed by atoms with Crippen LogP contribution < -0.4 is 10.6 Å². The Hall–Kier alpha value is -1.44. The third kappa shape index (κ3) is 4.76. The van der Waals surface area contributed by atoms with Crippen LogP contribution in [-0.2, 0) is 22.6 Å². The van der Waals surface area contributed by atoms with Crippen molar-refractivity contribution in [1.82, 2.24) is 20.4 Å². The smallest absolute Gasteiger partial charge is 0.328 e. The molecule has 2 atom stereocenters. The van der Waals surface area contributed by atoms with E-state index in [1.807, 2.05) is 27.7 Å². The van der Waals surface area contributed by atoms with E-state index in [4.69, 9.17) is 4.74 Å². The molecule has 1 aromatic heterocycles. The van der Waals surface area contributed by atoms with E-state index < -0.39 is 0 Å². The normalized spacial score (nSPS) is 21.1. The Morgan fingerprint density at radius 3 is 2.83 bits per heavy atom. The van der Waals surface area contributed by atoms with Crippen LogP contribution in [0.3, 0.4) is 0 Å². The van der Waals surface area contributed by atoms with Gasteiger partial charge in [-0.15, -0.1) is 0 Å². The van der Waals surface area contributed by atoms with Crippen LogP contribution in [0.5, 0.6) is 0 Å². The minimum atomic E-state index is -0.279. The zero-order chi connectivity index (χ0) is 17.0. The van der Waals surface area contributed by atoms with E-state index in [2.05, 4.69) is 15.7 Å². The number of rotatable bonds is 7. The molecule has 0 aliphatic carbocycles. The Balaban J connectivity index is 1.90. The Morgan fingerprint density at radius 2 is 2.22 bits per heavy atom. The molecule has 23 heavy (non-hydrogen) atoms. The third-order valence-corrected chi connectivity index (χ3v) is 4.19. The number of aromatic nitrogens is 2. The Bertz CT molecular complexity index is 542. The van der Waals surface area contributed by atoms with Crippen molar-refractivity contribution in [3.05, 3.63) is 17.0 Å². The van der Waals surface area contributed by atoms with Crippen LogP contribution in [0.25, 0.3) is 0 Å². The molecule has 2 unspecified atom stereocenters. The van der Waals surface area contributed by atoms with Crippen molar-refractivity contribution >= 4 is 5.97 Å². The van der Waals surface area contributed by atoms with Crippen LogP contribution in [-0.4, -0.2) is 52.7 Å². The first-order valence-electron chi connectivity index (χ1n) is 8.20. The van der Waals surface area contributed by atoms with Crippen molar-refractivity contribution in [2.75, 3.05) is 19.6 Å². The minimum absolute atomic E-state index is 0.118. The number of ether oxygens (including phenoxy) is 1. The van der Waals surface area contributed by atoms with E-state index in [9.17, 15) is 9.90 Å². The molecule has 1 aliphatic heterocycles. The summed E-state index contributed by atoms with van der Waals surface area (Å²) in [6.07, 6.45) is -0.398. The summed E-state index contributed by atoms with van der Waals surface area (Å²) in [5, 5.41) is 20.8. The molecule has 1 aliphatic rings. The van der Waals surface area contributed by atoms with Gasteiger partial charge in [0.2, 0.25) is 0 Å². The monoisotopic (exact) mass is 324 g/mol. The zero-order valence-electron chi connectivity index (χ0n) is 14.4. The standard InChI is InChI=1S/C16H28N4O3/c1-10(2)23-16(22)9-20-12(4)14(11(3)19-20)7-17-5-13-6-18-8-15(13)21/h10,13,15,17-18,21H,5-9H2,1-4H3. The van der Waals surface area contributed by atoms with Gasteiger partial charge < -0.3 is 20.5 Å². The maximum absolute atomic E-state index is 11.8. The van der Waals surface area contributed by atoms with Crippen molar-refractivity contribution < 1.29 is 14.6 Å². The van der Waals surface area contributed by atoms with Crippen LogP contribution in [0.15, 0.2) is 0 Å². The summed E-state index contributed by atoms with van der Waals surface area (Å²) < 4.78 is 6.87. The highest BCUT2D eigenvalue weighted by Gasteiger charge is 2.24. The lowest BCUT2D eigenvalue weighted by Crippen LogP contribution is -2.30. The Kier molecular flexibility index (Phi) is 6.15. The topological polar surface area (TPSA) is 88.4 Å². The highest BCUT2D eigenvalue weighted by molar-refractivity contribution is 5.69. The molecule has 1 saturated heterocycles. The average Bonchev–Trinajstić information content (AvgIpc) is 2.96. The van der Waals surface area contributed by atoms with Gasteiger partial charge in [0.05, 0.1) is 17.9 Å². The van der Waals surface area contributed by atoms with Gasteiger partial charge in [-0.25, -0.2) is 0 Å². The molecule has 0 spiro atoms. The number of nitrogens with zero attached hydrogens (tertiary/aromatic N) is 2. The van der Waals surface area contributed by atoms with Gasteiger partial charge in [-0.1, -0.05) is 0 Å². The van der Waals surface area contributed by atoms with Crippen molar-refractivity contribution in [3.63, 3.8) is 0 Å². The molecule has 7 nitrogen and oxygen atoms in total. The average molecular weight is 324 g/mol. The third-order valence-electron chi connectivity index (χ3n) is 4.19. The van der Waals surface area contributed by atoms with Gasteiger partial charge >= 0.3 is 5.97 Å². The van der Waals surface area contributed by atoms with Gasteiger partial charge in [0.15, 0.2) is 0 Å². The summed E-state index contributed by atoms with van der Waals surface area (Å²) in [6, 6.07) is 0. The first-order valence-corrected chi connectivity index (χ1v) is 8.20. The van der Waals surface area contributed by atoms with Crippen molar-refractivity contribution in [2.24, 2.45) is 5.92 Å². The molecule has 0 radical (unpaired) electrons. The number of carbonyl (C=O) groups is 1. The van der Waals surface area contributed by atoms with Gasteiger partial charge in [-0.05, 0) is 27.7 Å². The second-order valence-corrected chi connectivity index (χ2v) is 6.46. The molecule has 7 heteroatoms. The quantitative estimate of drug-likeness (QED) is 0.618. The molecule has 1 aromatic rings. The predicted octanol–water partition coefficient (Wildman–Crippen LogP) is 0.121. The number of aliphatic hydroxyl groups is 1. The lowest BCUT2D eigenvalue weighted by molar-refractivity contribution is -0.148. The van der Waals surface area contributed by atoms with Crippen LogP contribution in [0, 0.1) is 19.8 Å². The maximum Gasteiger partial charge on any atom is 0.328 e. The molecule has 0 amide bonds. The number of aryl methyl sites for hydroxylation is 1. The fraction of sp³-hybridized carbons (Fsp3) is 0.750. The molecule has 0 bridgehead atoms. The number of hydrogen-bond donors (Lipinski definition) is 3. The molecule has 3 N–H and O–H groups in total. The van der Waals surface area contributed by atoms with Crippen LogP contribution in [0.4, 0.5) is 0 Å². The van der Waals surface area contributed by atoms with E-state index in [1.165, 1.54) is 0 Å². The summed E-state index contributed by atoms with van der Waals surface area (Å²) in [4.78, 5) is 11.8. The minimum Gasteiger partial charge on any atom is -0.462 e. The van der Waals surface area contributed by atoms with Gasteiger partial charge in [0.1, 0.15) is 6.54 Å². The number of hydrogen-bond acceptors (Lipinski definition) is 6. The van der Waals surface area contributed by atoms with E-state index in [-0.39, 0.29) is 30.6 Å². The summed E-state index contributed by atoms with van der Waals surface area (Å²) in [6.45, 7) is 10.7. The van der Waals surface area contributed by atoms with E-state index >= 15 is 0 Å². The Labute approximate surface area is 137 Å². The number of esters is 1. The number of nitrogens with one attached hydrogen (secondary N) is 2. The zero-order valence-corrected chi connectivity index (χ0v) is 14.4. The number of carbonyl (C=O) groups excluding carboxylic acids is 1. The number of aliphatic hydroxyl groups excluding tert-OH is 1. The van der Waals surface area contributed by atoms with Crippen LogP contribution >= 0.6 is 0 Å². The van der Waals surface area contributed by atoms with Gasteiger partial charge in [-0.3, -0.25) is 9.48 Å². The van der Waals surface area contributed by atoms with Gasteiger partial charge in [-0.2, -0.15) is 5.10 Å². The SMILES string of the molecule is Cc1nn(CC(=O)OC(C)C)c(C)c1CNCC1CNCC1O. The largest absolute Gasteiger partial charge is 0.462 e. The lowest BCUT2D eigenvalue weighted by atomic mass is 10.1. The van der Waals surface area contributed by atoms with Crippen molar-refractivity contribution in [1.29, 1.82) is 0 Å². The highest BCUT2D eigenvalue weighted by atomic mass is 16.5. The number of β-amino-alcohol motifs (C(OH)–C–C–N with tert-alkyl or cyclic N) is 1. The van der Waals surface area contributed by atoms with Crippen molar-refractivity contribution in [2.45, 2.75) is 53.0 Å². The molecule has 0 aromatic carbocycles. The fourth-order valence-corrected chi connectivity index (χ4v) is 2.88. The van der Waals surface area contributed by atoms with Crippen LogP contribution in [0.2, 0.25) is 0 Å². The molecule has 2 heterocycles. The second-order valence-electron chi connectivity index (χ2n) is 6.46. The second kappa shape index (κ2) is 7.90. The van der Waals surface area contributed by atoms with Crippen LogP contribution in [0.1, 0.15) is 30.8 Å². The van der Waals surface area contributed by atoms with Gasteiger partial charge in [0, 0.05) is 43.4 Å². The van der Waals surface area contributed by atoms with Gasteiger partial charge in [0.25, 0.3) is 0 Å². The molecule has 2 rings (SSSR count). The maximum atomic E-state index is 11.8. The summed E-state index contributed by atoms with van der Waals surface area (Å²) in [5.41, 5.74) is 2.99. The Morgan fingerprint density at radius 1 is 1.48 bits per heavy atom. The van der Waals surface area contributed by atoms with Crippen molar-refractivity contribution in [3.8, 4) is 0 Å². The fourth-order valence-electron chi connectivity index (χ4n) is 2.88. The summed E-state index contributed by atoms with van der Waals surface area (Å²) in [7, 11) is 0. The molecular weight excluding hydrogens is 296 g/mol. The molecular formula is C16H28N4O3. The molecule has 0 saturated carbocycles. The van der Waals surface area contributed by atoms with E-state index in [0.29, 0.717) is 13.1 Å². The highest BCUT2D eigenvalue weighted by Crippen LogP contribution is 2.14. The lowest BCUT2D eigenvalue weighted by Gasteiger charge is -2.14. The summed E-state index contributed by atoms with van der Waals surface area (Å²) >= 11 is 0.